The zero-order valence-corrected chi connectivity index (χ0v) is 13.6. The molecule has 0 saturated carbocycles. The Bertz CT molecular complexity index is 652. The lowest BCUT2D eigenvalue weighted by molar-refractivity contribution is 0.296. The predicted octanol–water partition coefficient (Wildman–Crippen LogP) is 4.27. The molecule has 0 saturated heterocycles. The standard InChI is InChI=1S/C15H14BrClN2O2/c16-11-7-10(8-13-14(11)21-6-2-5-20-13)9-19-12-3-1-4-18-15(12)17/h1,3-4,7-8,19H,2,5-6,9H2. The van der Waals surface area contributed by atoms with E-state index < -0.39 is 0 Å². The van der Waals surface area contributed by atoms with E-state index in [9.17, 15) is 0 Å². The molecule has 1 aromatic carbocycles. The van der Waals surface area contributed by atoms with Gasteiger partial charge in [-0.15, -0.1) is 0 Å². The number of halogens is 2. The first-order chi connectivity index (χ1) is 10.2. The van der Waals surface area contributed by atoms with Gasteiger partial charge in [-0.3, -0.25) is 0 Å². The van der Waals surface area contributed by atoms with Gasteiger partial charge in [0.1, 0.15) is 0 Å². The summed E-state index contributed by atoms with van der Waals surface area (Å²) in [6.07, 6.45) is 2.55. The maximum atomic E-state index is 6.03. The maximum Gasteiger partial charge on any atom is 0.175 e. The molecular formula is C15H14BrClN2O2. The number of rotatable bonds is 3. The van der Waals surface area contributed by atoms with E-state index >= 15 is 0 Å². The van der Waals surface area contributed by atoms with Crippen molar-refractivity contribution in [3.05, 3.63) is 45.7 Å². The van der Waals surface area contributed by atoms with Crippen molar-refractivity contribution < 1.29 is 9.47 Å². The predicted molar refractivity (Wildman–Crippen MR) is 86.3 cm³/mol. The zero-order chi connectivity index (χ0) is 14.7. The van der Waals surface area contributed by atoms with Gasteiger partial charge in [0.05, 0.1) is 23.4 Å². The average molecular weight is 370 g/mol. The third kappa shape index (κ3) is 3.41. The Morgan fingerprint density at radius 1 is 1.29 bits per heavy atom. The van der Waals surface area contributed by atoms with Gasteiger partial charge in [-0.1, -0.05) is 11.6 Å². The van der Waals surface area contributed by atoms with Gasteiger partial charge in [0.15, 0.2) is 16.7 Å². The number of nitrogens with one attached hydrogen (secondary N) is 1. The highest BCUT2D eigenvalue weighted by atomic mass is 79.9. The van der Waals surface area contributed by atoms with Crippen LogP contribution in [0.3, 0.4) is 0 Å². The number of nitrogens with zero attached hydrogens (tertiary/aromatic N) is 1. The van der Waals surface area contributed by atoms with Crippen LogP contribution in [0.2, 0.25) is 5.15 Å². The molecule has 0 atom stereocenters. The second kappa shape index (κ2) is 6.54. The van der Waals surface area contributed by atoms with E-state index in [2.05, 4.69) is 26.2 Å². The molecule has 2 aromatic rings. The lowest BCUT2D eigenvalue weighted by Gasteiger charge is -2.13. The van der Waals surface area contributed by atoms with Crippen molar-refractivity contribution in [2.45, 2.75) is 13.0 Å². The molecule has 1 N–H and O–H groups in total. The summed E-state index contributed by atoms with van der Waals surface area (Å²) in [4.78, 5) is 4.04. The molecule has 0 amide bonds. The average Bonchev–Trinajstić information content (AvgIpc) is 2.72. The SMILES string of the molecule is Clc1ncccc1NCc1cc(Br)c2c(c1)OCCCO2. The van der Waals surface area contributed by atoms with E-state index in [1.54, 1.807) is 6.20 Å². The summed E-state index contributed by atoms with van der Waals surface area (Å²) in [7, 11) is 0. The molecule has 21 heavy (non-hydrogen) atoms. The number of hydrogen-bond acceptors (Lipinski definition) is 4. The highest BCUT2D eigenvalue weighted by Crippen LogP contribution is 2.38. The van der Waals surface area contributed by atoms with Crippen molar-refractivity contribution in [3.8, 4) is 11.5 Å². The van der Waals surface area contributed by atoms with E-state index in [-0.39, 0.29) is 0 Å². The van der Waals surface area contributed by atoms with Crippen molar-refractivity contribution in [1.82, 2.24) is 4.98 Å². The maximum absolute atomic E-state index is 6.03. The van der Waals surface area contributed by atoms with Crippen LogP contribution in [-0.4, -0.2) is 18.2 Å². The molecule has 1 aromatic heterocycles. The van der Waals surface area contributed by atoms with Gasteiger partial charge >= 0.3 is 0 Å². The Labute approximate surface area is 136 Å². The van der Waals surface area contributed by atoms with Crippen LogP contribution in [0.5, 0.6) is 11.5 Å². The van der Waals surface area contributed by atoms with Crippen molar-refractivity contribution in [2.75, 3.05) is 18.5 Å². The molecule has 3 rings (SSSR count). The summed E-state index contributed by atoms with van der Waals surface area (Å²) in [5, 5.41) is 3.73. The molecule has 0 radical (unpaired) electrons. The first kappa shape index (κ1) is 14.5. The van der Waals surface area contributed by atoms with Crippen molar-refractivity contribution in [2.24, 2.45) is 0 Å². The summed E-state index contributed by atoms with van der Waals surface area (Å²) >= 11 is 9.57. The Morgan fingerprint density at radius 3 is 3.00 bits per heavy atom. The fourth-order valence-corrected chi connectivity index (χ4v) is 2.89. The topological polar surface area (TPSA) is 43.4 Å². The molecule has 6 heteroatoms. The minimum absolute atomic E-state index is 0.464. The molecule has 110 valence electrons. The van der Waals surface area contributed by atoms with Crippen LogP contribution in [-0.2, 0) is 6.54 Å². The number of fused-ring (bicyclic) bond motifs is 1. The fraction of sp³-hybridized carbons (Fsp3) is 0.267. The zero-order valence-electron chi connectivity index (χ0n) is 11.2. The second-order valence-electron chi connectivity index (χ2n) is 4.65. The molecule has 4 nitrogen and oxygen atoms in total. The molecule has 0 spiro atoms. The summed E-state index contributed by atoms with van der Waals surface area (Å²) in [5.41, 5.74) is 1.88. The minimum atomic E-state index is 0.464. The Balaban J connectivity index is 1.79. The Morgan fingerprint density at radius 2 is 2.14 bits per heavy atom. The van der Waals surface area contributed by atoms with E-state index in [0.717, 1.165) is 33.6 Å². The van der Waals surface area contributed by atoms with Crippen LogP contribution in [0, 0.1) is 0 Å². The third-order valence-corrected chi connectivity index (χ3v) is 3.99. The van der Waals surface area contributed by atoms with Gasteiger partial charge in [-0.25, -0.2) is 4.98 Å². The van der Waals surface area contributed by atoms with Crippen LogP contribution in [0.15, 0.2) is 34.9 Å². The number of anilines is 1. The van der Waals surface area contributed by atoms with Gasteiger partial charge in [0.25, 0.3) is 0 Å². The van der Waals surface area contributed by atoms with Crippen molar-refractivity contribution in [1.29, 1.82) is 0 Å². The normalized spacial score (nSPS) is 13.6. The number of aromatic nitrogens is 1. The summed E-state index contributed by atoms with van der Waals surface area (Å²) in [6, 6.07) is 7.75. The number of ether oxygens (including phenoxy) is 2. The van der Waals surface area contributed by atoms with Gasteiger partial charge in [-0.05, 0) is 45.8 Å². The van der Waals surface area contributed by atoms with Crippen molar-refractivity contribution >= 4 is 33.2 Å². The number of pyridine rings is 1. The van der Waals surface area contributed by atoms with Gasteiger partial charge < -0.3 is 14.8 Å². The molecule has 0 unspecified atom stereocenters. The number of hydrogen-bond donors (Lipinski definition) is 1. The molecule has 0 aliphatic carbocycles. The number of benzene rings is 1. The first-order valence-electron chi connectivity index (χ1n) is 6.66. The summed E-state index contributed by atoms with van der Waals surface area (Å²) < 4.78 is 12.3. The molecule has 1 aliphatic heterocycles. The second-order valence-corrected chi connectivity index (χ2v) is 5.86. The molecule has 1 aliphatic rings. The fourth-order valence-electron chi connectivity index (χ4n) is 2.10. The smallest absolute Gasteiger partial charge is 0.175 e. The molecule has 0 bridgehead atoms. The molecule has 2 heterocycles. The summed E-state index contributed by atoms with van der Waals surface area (Å²) in [6.45, 7) is 1.97. The Kier molecular flexibility index (Phi) is 4.51. The lowest BCUT2D eigenvalue weighted by atomic mass is 10.2. The summed E-state index contributed by atoms with van der Waals surface area (Å²) in [5.74, 6) is 1.55. The highest BCUT2D eigenvalue weighted by molar-refractivity contribution is 9.10. The Hall–Kier alpha value is -1.46. The van der Waals surface area contributed by atoms with Gasteiger partial charge in [0, 0.05) is 19.2 Å². The van der Waals surface area contributed by atoms with E-state index in [1.165, 1.54) is 0 Å². The van der Waals surface area contributed by atoms with Gasteiger partial charge in [0.2, 0.25) is 0 Å². The van der Waals surface area contributed by atoms with Crippen LogP contribution in [0.4, 0.5) is 5.69 Å². The quantitative estimate of drug-likeness (QED) is 0.821. The highest BCUT2D eigenvalue weighted by Gasteiger charge is 2.15. The van der Waals surface area contributed by atoms with Crippen LogP contribution in [0.1, 0.15) is 12.0 Å². The molecule has 0 fully saturated rings. The minimum Gasteiger partial charge on any atom is -0.490 e. The van der Waals surface area contributed by atoms with Crippen LogP contribution >= 0.6 is 27.5 Å². The largest absolute Gasteiger partial charge is 0.490 e. The lowest BCUT2D eigenvalue weighted by Crippen LogP contribution is -2.02. The van der Waals surface area contributed by atoms with E-state index in [1.807, 2.05) is 24.3 Å². The van der Waals surface area contributed by atoms with Gasteiger partial charge in [-0.2, -0.15) is 0 Å². The first-order valence-corrected chi connectivity index (χ1v) is 7.83. The molecular weight excluding hydrogens is 356 g/mol. The van der Waals surface area contributed by atoms with E-state index in [0.29, 0.717) is 24.9 Å². The van der Waals surface area contributed by atoms with Crippen molar-refractivity contribution in [3.63, 3.8) is 0 Å². The van der Waals surface area contributed by atoms with Crippen LogP contribution in [0.25, 0.3) is 0 Å². The third-order valence-electron chi connectivity index (χ3n) is 3.10. The van der Waals surface area contributed by atoms with E-state index in [4.69, 9.17) is 21.1 Å². The van der Waals surface area contributed by atoms with Crippen LogP contribution < -0.4 is 14.8 Å². The monoisotopic (exact) mass is 368 g/mol.